The Morgan fingerprint density at radius 3 is 1.16 bits per heavy atom. The minimum absolute atomic E-state index is 0.395. The van der Waals surface area contributed by atoms with Crippen molar-refractivity contribution in [1.82, 2.24) is 24.9 Å². The third-order valence-corrected chi connectivity index (χ3v) is 7.56. The number of nitrogen functional groups attached to an aromatic ring is 4. The Kier molecular flexibility index (Phi) is 29.2. The van der Waals surface area contributed by atoms with Gasteiger partial charge in [0.15, 0.2) is 0 Å². The van der Waals surface area contributed by atoms with Crippen molar-refractivity contribution in [3.8, 4) is 0 Å². The summed E-state index contributed by atoms with van der Waals surface area (Å²) in [5.41, 5.74) is 26.6. The number of amides is 5. The second kappa shape index (κ2) is 34.7. The minimum Gasteiger partial charge on any atom is -0.453 e. The van der Waals surface area contributed by atoms with Gasteiger partial charge in [-0.2, -0.15) is 0 Å². The number of nitrogens with one attached hydrogen (secondary N) is 5. The molecule has 0 aromatic carbocycles. The van der Waals surface area contributed by atoms with E-state index in [4.69, 9.17) is 37.1 Å². The van der Waals surface area contributed by atoms with Gasteiger partial charge in [-0.05, 0) is 55.7 Å². The SMILES string of the molecule is CCCCOC(=O)Nc1ccncc1.CCCCOC(=O)Nc1cnccc1N.CCCOC(=O)Nc1cnccc1N.COC(=O)Nc1ccncc1N.COC(=O)Nc1cnccc1N. The number of nitrogens with two attached hydrogens (primary N) is 4. The first-order chi connectivity index (χ1) is 32.3. The van der Waals surface area contributed by atoms with Gasteiger partial charge in [0.25, 0.3) is 0 Å². The number of pyridine rings is 5. The summed E-state index contributed by atoms with van der Waals surface area (Å²) in [4.78, 5) is 74.0. The van der Waals surface area contributed by atoms with Gasteiger partial charge in [-0.3, -0.25) is 51.5 Å². The number of anilines is 9. The summed E-state index contributed by atoms with van der Waals surface area (Å²) in [5.74, 6) is 0. The average Bonchev–Trinajstić information content (AvgIpc) is 3.32. The second-order valence-corrected chi connectivity index (χ2v) is 12.8. The molecule has 0 aliphatic carbocycles. The molecule has 5 amide bonds. The monoisotopic (exact) mass is 932 g/mol. The van der Waals surface area contributed by atoms with E-state index in [9.17, 15) is 24.0 Å². The van der Waals surface area contributed by atoms with Crippen molar-refractivity contribution in [2.75, 3.05) is 83.6 Å². The van der Waals surface area contributed by atoms with Crippen LogP contribution in [0.25, 0.3) is 0 Å². The summed E-state index contributed by atoms with van der Waals surface area (Å²) in [5, 5.41) is 12.5. The van der Waals surface area contributed by atoms with Gasteiger partial charge < -0.3 is 46.6 Å². The Balaban J connectivity index is 0.000000420. The lowest BCUT2D eigenvalue weighted by molar-refractivity contribution is 0.159. The van der Waals surface area contributed by atoms with Crippen LogP contribution in [0.1, 0.15) is 52.9 Å². The third kappa shape index (κ3) is 26.5. The van der Waals surface area contributed by atoms with Crippen LogP contribution in [0.5, 0.6) is 0 Å². The van der Waals surface area contributed by atoms with Gasteiger partial charge in [0.1, 0.15) is 0 Å². The van der Waals surface area contributed by atoms with E-state index in [-0.39, 0.29) is 0 Å². The van der Waals surface area contributed by atoms with Crippen LogP contribution in [0.4, 0.5) is 75.2 Å². The number of carbonyl (C=O) groups excluding carboxylic acids is 5. The van der Waals surface area contributed by atoms with Gasteiger partial charge >= 0.3 is 30.5 Å². The lowest BCUT2D eigenvalue weighted by atomic mass is 10.3. The summed E-state index contributed by atoms with van der Waals surface area (Å²) in [6, 6.07) is 9.82. The van der Waals surface area contributed by atoms with Gasteiger partial charge in [0.05, 0.1) is 104 Å². The largest absolute Gasteiger partial charge is 0.453 e. The number of carbonyl (C=O) groups is 5. The minimum atomic E-state index is -0.560. The molecule has 24 heteroatoms. The number of ether oxygens (including phenoxy) is 5. The molecule has 0 radical (unpaired) electrons. The highest BCUT2D eigenvalue weighted by Gasteiger charge is 2.07. The predicted molar refractivity (Wildman–Crippen MR) is 256 cm³/mol. The van der Waals surface area contributed by atoms with Crippen LogP contribution < -0.4 is 49.5 Å². The fourth-order valence-electron chi connectivity index (χ4n) is 4.07. The number of methoxy groups -OCH3 is 2. The Bertz CT molecular complexity index is 2150. The molecule has 362 valence electrons. The highest BCUT2D eigenvalue weighted by Crippen LogP contribution is 2.17. The molecule has 5 heterocycles. The molecular formula is C43H60N14O10. The molecule has 0 aliphatic rings. The van der Waals surface area contributed by atoms with Crippen molar-refractivity contribution in [2.24, 2.45) is 0 Å². The molecular weight excluding hydrogens is 873 g/mol. The van der Waals surface area contributed by atoms with Crippen LogP contribution in [-0.4, -0.2) is 89.4 Å². The third-order valence-electron chi connectivity index (χ3n) is 7.56. The highest BCUT2D eigenvalue weighted by atomic mass is 16.6. The molecule has 5 rings (SSSR count). The van der Waals surface area contributed by atoms with Gasteiger partial charge in [0.2, 0.25) is 0 Å². The first kappa shape index (κ1) is 56.3. The van der Waals surface area contributed by atoms with Crippen molar-refractivity contribution in [3.05, 3.63) is 98.4 Å². The zero-order chi connectivity index (χ0) is 49.7. The van der Waals surface area contributed by atoms with Crippen LogP contribution >= 0.6 is 0 Å². The highest BCUT2D eigenvalue weighted by molar-refractivity contribution is 5.90. The average molecular weight is 933 g/mol. The van der Waals surface area contributed by atoms with Crippen LogP contribution in [0, 0.1) is 0 Å². The topological polar surface area (TPSA) is 360 Å². The fourth-order valence-corrected chi connectivity index (χ4v) is 4.07. The van der Waals surface area contributed by atoms with Crippen LogP contribution in [0.2, 0.25) is 0 Å². The quantitative estimate of drug-likeness (QED) is 0.0402. The predicted octanol–water partition coefficient (Wildman–Crippen LogP) is 7.75. The summed E-state index contributed by atoms with van der Waals surface area (Å²) in [6.45, 7) is 7.28. The van der Waals surface area contributed by atoms with E-state index in [1.165, 1.54) is 51.4 Å². The number of unbranched alkanes of at least 4 members (excludes halogenated alkanes) is 2. The van der Waals surface area contributed by atoms with Crippen LogP contribution in [0.15, 0.2) is 98.4 Å². The van der Waals surface area contributed by atoms with Crippen molar-refractivity contribution in [2.45, 2.75) is 52.9 Å². The molecule has 67 heavy (non-hydrogen) atoms. The molecule has 5 aromatic rings. The molecule has 0 fully saturated rings. The van der Waals surface area contributed by atoms with Crippen molar-refractivity contribution < 1.29 is 47.7 Å². The Labute approximate surface area is 388 Å². The Morgan fingerprint density at radius 1 is 0.418 bits per heavy atom. The van der Waals surface area contributed by atoms with E-state index in [2.05, 4.69) is 61.0 Å². The lowest BCUT2D eigenvalue weighted by Gasteiger charge is -2.07. The molecule has 0 aliphatic heterocycles. The van der Waals surface area contributed by atoms with E-state index < -0.39 is 30.5 Å². The summed E-state index contributed by atoms with van der Waals surface area (Å²) in [6.07, 6.45) is 17.3. The molecule has 0 saturated carbocycles. The molecule has 0 atom stereocenters. The molecule has 0 unspecified atom stereocenters. The van der Waals surface area contributed by atoms with Crippen molar-refractivity contribution >= 4 is 81.7 Å². The summed E-state index contributed by atoms with van der Waals surface area (Å²) < 4.78 is 23.4. The second-order valence-electron chi connectivity index (χ2n) is 12.8. The van der Waals surface area contributed by atoms with Crippen LogP contribution in [-0.2, 0) is 23.7 Å². The summed E-state index contributed by atoms with van der Waals surface area (Å²) >= 11 is 0. The molecule has 13 N–H and O–H groups in total. The van der Waals surface area contributed by atoms with Gasteiger partial charge in [0, 0.05) is 42.9 Å². The smallest absolute Gasteiger partial charge is 0.411 e. The molecule has 0 saturated heterocycles. The molecule has 5 aromatic heterocycles. The van der Waals surface area contributed by atoms with E-state index in [1.807, 2.05) is 20.8 Å². The maximum atomic E-state index is 11.2. The molecule has 0 bridgehead atoms. The van der Waals surface area contributed by atoms with Crippen molar-refractivity contribution in [3.63, 3.8) is 0 Å². The van der Waals surface area contributed by atoms with E-state index in [0.29, 0.717) is 71.0 Å². The van der Waals surface area contributed by atoms with Gasteiger partial charge in [-0.25, -0.2) is 24.0 Å². The Morgan fingerprint density at radius 2 is 0.776 bits per heavy atom. The zero-order valence-electron chi connectivity index (χ0n) is 38.0. The van der Waals surface area contributed by atoms with E-state index in [1.54, 1.807) is 61.2 Å². The number of hydrogen-bond donors (Lipinski definition) is 9. The van der Waals surface area contributed by atoms with E-state index >= 15 is 0 Å². The number of hydrogen-bond acceptors (Lipinski definition) is 19. The van der Waals surface area contributed by atoms with Gasteiger partial charge in [-0.1, -0.05) is 33.6 Å². The molecule has 0 spiro atoms. The fraction of sp³-hybridized carbons (Fsp3) is 0.302. The first-order valence-corrected chi connectivity index (χ1v) is 20.5. The maximum Gasteiger partial charge on any atom is 0.411 e. The van der Waals surface area contributed by atoms with Crippen LogP contribution in [0.3, 0.4) is 0 Å². The summed E-state index contributed by atoms with van der Waals surface area (Å²) in [7, 11) is 2.56. The number of nitrogens with zero attached hydrogens (tertiary/aromatic N) is 5. The van der Waals surface area contributed by atoms with Gasteiger partial charge in [-0.15, -0.1) is 0 Å². The van der Waals surface area contributed by atoms with E-state index in [0.717, 1.165) is 32.1 Å². The number of aromatic nitrogens is 5. The molecule has 24 nitrogen and oxygen atoms in total. The van der Waals surface area contributed by atoms with Crippen molar-refractivity contribution in [1.29, 1.82) is 0 Å². The lowest BCUT2D eigenvalue weighted by Crippen LogP contribution is -2.15. The number of rotatable bonds is 13. The standard InChI is InChI=1S/C10H15N3O2.C10H14N2O2.C9H13N3O2.2C7H9N3O2/c1-2-3-6-15-10(14)13-9-7-12-5-4-8(9)11;1-2-3-8-14-10(13)12-9-4-6-11-7-5-9;1-2-5-14-9(13)12-8-6-11-4-3-7(8)10;1-12-7(11)10-6-2-3-9-4-5(6)8;1-12-7(11)10-6-4-9-3-2-5(6)8/h4-5,7H,2-3,6H2,1H3,(H2,11,12)(H,13,14);4-7H,2-3,8H2,1H3,(H,11,12,13);3-4,6H,2,5H2,1H3,(H2,10,11)(H,12,13);2-4H,8H2,1H3,(H,9,10,11);2-4H,1H3,(H2,8,9)(H,10,11). The zero-order valence-corrected chi connectivity index (χ0v) is 38.0. The Hall–Kier alpha value is -8.70. The first-order valence-electron chi connectivity index (χ1n) is 20.5. The maximum absolute atomic E-state index is 11.2. The normalized spacial score (nSPS) is 9.39.